The summed E-state index contributed by atoms with van der Waals surface area (Å²) in [5.41, 5.74) is 0. The van der Waals surface area contributed by atoms with Gasteiger partial charge in [-0.15, -0.1) is 11.3 Å². The van der Waals surface area contributed by atoms with Gasteiger partial charge >= 0.3 is 0 Å². The van der Waals surface area contributed by atoms with Crippen LogP contribution in [-0.2, 0) is 0 Å². The number of thiophene rings is 1. The molecule has 3 aromatic rings. The molecule has 0 saturated carbocycles. The number of para-hydroxylation sites is 1. The maximum atomic E-state index is 5.91. The predicted molar refractivity (Wildman–Crippen MR) is 82.8 cm³/mol. The van der Waals surface area contributed by atoms with E-state index in [4.69, 9.17) is 4.74 Å². The third kappa shape index (κ3) is 2.58. The minimum atomic E-state index is 0.599. The second-order valence-electron chi connectivity index (χ2n) is 4.37. The van der Waals surface area contributed by atoms with Crippen molar-refractivity contribution in [1.29, 1.82) is 0 Å². The fourth-order valence-electron chi connectivity index (χ4n) is 1.93. The van der Waals surface area contributed by atoms with E-state index in [1.54, 1.807) is 11.3 Å². The van der Waals surface area contributed by atoms with Gasteiger partial charge in [-0.2, -0.15) is 4.98 Å². The van der Waals surface area contributed by atoms with Gasteiger partial charge in [0, 0.05) is 11.4 Å². The van der Waals surface area contributed by atoms with E-state index in [1.807, 2.05) is 37.3 Å². The van der Waals surface area contributed by atoms with Crippen LogP contribution in [0.5, 0.6) is 11.6 Å². The highest BCUT2D eigenvalue weighted by Gasteiger charge is 2.12. The highest BCUT2D eigenvalue weighted by Crippen LogP contribution is 2.33. The summed E-state index contributed by atoms with van der Waals surface area (Å²) in [6.07, 6.45) is 0. The first-order valence-electron chi connectivity index (χ1n) is 6.51. The monoisotopic (exact) mass is 285 g/mol. The first kappa shape index (κ1) is 12.9. The predicted octanol–water partition coefficient (Wildman–Crippen LogP) is 4.22. The zero-order valence-electron chi connectivity index (χ0n) is 11.4. The van der Waals surface area contributed by atoms with Gasteiger partial charge in [0.15, 0.2) is 0 Å². The molecule has 0 aliphatic carbocycles. The molecule has 0 atom stereocenters. The highest BCUT2D eigenvalue weighted by atomic mass is 32.1. The van der Waals surface area contributed by atoms with Crippen LogP contribution in [0, 0.1) is 6.92 Å². The minimum Gasteiger partial charge on any atom is -0.438 e. The molecule has 0 saturated heterocycles. The summed E-state index contributed by atoms with van der Waals surface area (Å²) < 4.78 is 5.91. The molecule has 0 aliphatic heterocycles. The smallest absolute Gasteiger partial charge is 0.232 e. The second kappa shape index (κ2) is 5.46. The molecule has 0 unspecified atom stereocenters. The van der Waals surface area contributed by atoms with Crippen molar-refractivity contribution >= 4 is 27.5 Å². The molecule has 20 heavy (non-hydrogen) atoms. The summed E-state index contributed by atoms with van der Waals surface area (Å²) in [4.78, 5) is 11.1. The lowest BCUT2D eigenvalue weighted by atomic mass is 10.3. The molecule has 0 radical (unpaired) electrons. The van der Waals surface area contributed by atoms with Gasteiger partial charge in [0.25, 0.3) is 0 Å². The van der Waals surface area contributed by atoms with Crippen molar-refractivity contribution in [2.45, 2.75) is 13.8 Å². The lowest BCUT2D eigenvalue weighted by molar-refractivity contribution is 0.469. The fourth-order valence-corrected chi connectivity index (χ4v) is 2.80. The molecule has 0 amide bonds. The van der Waals surface area contributed by atoms with E-state index in [-0.39, 0.29) is 0 Å². The number of aromatic nitrogens is 2. The van der Waals surface area contributed by atoms with E-state index < -0.39 is 0 Å². The first-order valence-corrected chi connectivity index (χ1v) is 7.33. The van der Waals surface area contributed by atoms with Gasteiger partial charge in [0.2, 0.25) is 11.8 Å². The van der Waals surface area contributed by atoms with Gasteiger partial charge in [-0.1, -0.05) is 18.2 Å². The van der Waals surface area contributed by atoms with Crippen molar-refractivity contribution in [3.8, 4) is 11.6 Å². The first-order chi connectivity index (χ1) is 9.76. The summed E-state index contributed by atoms with van der Waals surface area (Å²) in [5.74, 6) is 1.98. The Kier molecular flexibility index (Phi) is 3.52. The Bertz CT molecular complexity index is 725. The van der Waals surface area contributed by atoms with Crippen LogP contribution < -0.4 is 10.1 Å². The normalized spacial score (nSPS) is 10.7. The van der Waals surface area contributed by atoms with Crippen LogP contribution in [0.15, 0.2) is 36.4 Å². The fraction of sp³-hybridized carbons (Fsp3) is 0.200. The molecule has 0 spiro atoms. The number of nitrogens with zero attached hydrogens (tertiary/aromatic N) is 2. The van der Waals surface area contributed by atoms with Crippen molar-refractivity contribution < 1.29 is 4.74 Å². The van der Waals surface area contributed by atoms with Crippen LogP contribution in [0.25, 0.3) is 10.2 Å². The van der Waals surface area contributed by atoms with Crippen molar-refractivity contribution in [1.82, 2.24) is 9.97 Å². The zero-order chi connectivity index (χ0) is 13.9. The molecule has 102 valence electrons. The van der Waals surface area contributed by atoms with Crippen LogP contribution in [-0.4, -0.2) is 16.5 Å². The molecule has 4 nitrogen and oxygen atoms in total. The van der Waals surface area contributed by atoms with Crippen molar-refractivity contribution in [3.05, 3.63) is 41.3 Å². The summed E-state index contributed by atoms with van der Waals surface area (Å²) in [6, 6.07) is 11.7. The van der Waals surface area contributed by atoms with Crippen molar-refractivity contribution in [2.24, 2.45) is 0 Å². The SMILES string of the molecule is CCNc1nc(Oc2ccccc2)c2cc(C)sc2n1. The molecule has 5 heteroatoms. The van der Waals surface area contributed by atoms with Crippen LogP contribution >= 0.6 is 11.3 Å². The largest absolute Gasteiger partial charge is 0.438 e. The van der Waals surface area contributed by atoms with E-state index in [2.05, 4.69) is 28.3 Å². The lowest BCUT2D eigenvalue weighted by Crippen LogP contribution is -2.02. The molecule has 3 rings (SSSR count). The molecule has 0 aliphatic rings. The number of hydrogen-bond acceptors (Lipinski definition) is 5. The molecule has 0 bridgehead atoms. The molecular weight excluding hydrogens is 270 g/mol. The van der Waals surface area contributed by atoms with Gasteiger partial charge in [0.1, 0.15) is 10.6 Å². The van der Waals surface area contributed by atoms with Crippen molar-refractivity contribution in [2.75, 3.05) is 11.9 Å². The molecule has 1 aromatic carbocycles. The summed E-state index contributed by atoms with van der Waals surface area (Å²) in [7, 11) is 0. The van der Waals surface area contributed by atoms with Gasteiger partial charge in [-0.25, -0.2) is 4.98 Å². The number of nitrogens with one attached hydrogen (secondary N) is 1. The maximum absolute atomic E-state index is 5.91. The van der Waals surface area contributed by atoms with E-state index in [0.717, 1.165) is 22.5 Å². The van der Waals surface area contributed by atoms with E-state index >= 15 is 0 Å². The average Bonchev–Trinajstić information content (AvgIpc) is 2.81. The number of fused-ring (bicyclic) bond motifs is 1. The Balaban J connectivity index is 2.07. The number of aryl methyl sites for hydroxylation is 1. The molecule has 0 fully saturated rings. The van der Waals surface area contributed by atoms with Gasteiger partial charge in [-0.3, -0.25) is 0 Å². The zero-order valence-corrected chi connectivity index (χ0v) is 12.2. The number of hydrogen-bond donors (Lipinski definition) is 1. The minimum absolute atomic E-state index is 0.599. The van der Waals surface area contributed by atoms with Gasteiger partial charge in [0.05, 0.1) is 5.39 Å². The molecular formula is C15H15N3OS. The Labute approximate surface area is 121 Å². The molecule has 2 heterocycles. The standard InChI is InChI=1S/C15H15N3OS/c1-3-16-15-17-13(19-11-7-5-4-6-8-11)12-9-10(2)20-14(12)18-15/h4-9H,3H2,1-2H3,(H,16,17,18). The number of ether oxygens (including phenoxy) is 1. The second-order valence-corrected chi connectivity index (χ2v) is 5.61. The maximum Gasteiger partial charge on any atom is 0.232 e. The van der Waals surface area contributed by atoms with E-state index in [1.165, 1.54) is 4.88 Å². The number of anilines is 1. The third-order valence-electron chi connectivity index (χ3n) is 2.77. The Morgan fingerprint density at radius 3 is 2.75 bits per heavy atom. The highest BCUT2D eigenvalue weighted by molar-refractivity contribution is 7.18. The third-order valence-corrected chi connectivity index (χ3v) is 3.72. The summed E-state index contributed by atoms with van der Waals surface area (Å²) in [5, 5.41) is 4.10. The van der Waals surface area contributed by atoms with Gasteiger partial charge in [-0.05, 0) is 32.0 Å². The summed E-state index contributed by atoms with van der Waals surface area (Å²) in [6.45, 7) is 4.86. The average molecular weight is 285 g/mol. The Morgan fingerprint density at radius 1 is 1.20 bits per heavy atom. The van der Waals surface area contributed by atoms with Crippen LogP contribution in [0.3, 0.4) is 0 Å². The number of benzene rings is 1. The Hall–Kier alpha value is -2.14. The van der Waals surface area contributed by atoms with E-state index in [0.29, 0.717) is 11.8 Å². The summed E-state index contributed by atoms with van der Waals surface area (Å²) >= 11 is 1.65. The quantitative estimate of drug-likeness (QED) is 0.779. The topological polar surface area (TPSA) is 47.0 Å². The van der Waals surface area contributed by atoms with Crippen LogP contribution in [0.1, 0.15) is 11.8 Å². The molecule has 1 N–H and O–H groups in total. The van der Waals surface area contributed by atoms with Crippen molar-refractivity contribution in [3.63, 3.8) is 0 Å². The molecule has 2 aromatic heterocycles. The Morgan fingerprint density at radius 2 is 2.00 bits per heavy atom. The van der Waals surface area contributed by atoms with Crippen LogP contribution in [0.2, 0.25) is 0 Å². The van der Waals surface area contributed by atoms with E-state index in [9.17, 15) is 0 Å². The lowest BCUT2D eigenvalue weighted by Gasteiger charge is -2.08. The van der Waals surface area contributed by atoms with Gasteiger partial charge < -0.3 is 10.1 Å². The van der Waals surface area contributed by atoms with Crippen LogP contribution in [0.4, 0.5) is 5.95 Å². The number of rotatable bonds is 4.